The number of carbonyl (C=O) groups excluding carboxylic acids is 1. The Morgan fingerprint density at radius 3 is 2.55 bits per heavy atom. The van der Waals surface area contributed by atoms with Gasteiger partial charge in [-0.15, -0.1) is 0 Å². The maximum Gasteiger partial charge on any atom is 0.342 e. The van der Waals surface area contributed by atoms with Gasteiger partial charge in [0.1, 0.15) is 11.4 Å². The number of rotatable bonds is 3. The molecule has 0 aliphatic carbocycles. The highest BCUT2D eigenvalue weighted by Crippen LogP contribution is 2.46. The summed E-state index contributed by atoms with van der Waals surface area (Å²) in [6, 6.07) is 2.63. The summed E-state index contributed by atoms with van der Waals surface area (Å²) in [7, 11) is 0. The predicted octanol–water partition coefficient (Wildman–Crippen LogP) is 2.31. The van der Waals surface area contributed by atoms with E-state index >= 15 is 0 Å². The van der Waals surface area contributed by atoms with Gasteiger partial charge in [-0.3, -0.25) is 4.79 Å². The van der Waals surface area contributed by atoms with Gasteiger partial charge < -0.3 is 24.8 Å². The minimum absolute atomic E-state index is 0.0425. The molecule has 2 aliphatic heterocycles. The predicted molar refractivity (Wildman–Crippen MR) is 109 cm³/mol. The number of benzene rings is 1. The van der Waals surface area contributed by atoms with Gasteiger partial charge in [-0.2, -0.15) is 0 Å². The number of carbonyl (C=O) groups is 2. The zero-order chi connectivity index (χ0) is 20.9. The first-order valence-corrected chi connectivity index (χ1v) is 10.3. The monoisotopic (exact) mass is 420 g/mol. The Hall–Kier alpha value is -2.75. The lowest BCUT2D eigenvalue weighted by Crippen LogP contribution is -2.52. The molecule has 8 nitrogen and oxygen atoms in total. The van der Waals surface area contributed by atoms with Crippen LogP contribution in [0, 0.1) is 5.82 Å². The second-order valence-corrected chi connectivity index (χ2v) is 8.34. The van der Waals surface area contributed by atoms with Gasteiger partial charge in [-0.25, -0.2) is 14.0 Å². The highest BCUT2D eigenvalue weighted by atomic mass is 32.2. The van der Waals surface area contributed by atoms with E-state index in [4.69, 9.17) is 0 Å². The number of amides is 2. The van der Waals surface area contributed by atoms with E-state index in [9.17, 15) is 23.9 Å². The molecule has 154 valence electrons. The highest BCUT2D eigenvalue weighted by molar-refractivity contribution is 8.00. The fourth-order valence-corrected chi connectivity index (χ4v) is 5.03. The van der Waals surface area contributed by atoms with Crippen molar-refractivity contribution in [2.75, 3.05) is 37.6 Å². The molecule has 0 radical (unpaired) electrons. The van der Waals surface area contributed by atoms with Crippen molar-refractivity contribution in [2.24, 2.45) is 0 Å². The molecule has 1 unspecified atom stereocenters. The average molecular weight is 420 g/mol. The van der Waals surface area contributed by atoms with Gasteiger partial charge in [0, 0.05) is 38.1 Å². The molecule has 0 bridgehead atoms. The maximum absolute atomic E-state index is 14.9. The summed E-state index contributed by atoms with van der Waals surface area (Å²) in [4.78, 5) is 39.7. The molecule has 4 rings (SSSR count). The molecule has 10 heteroatoms. The molecular formula is C19H21FN4O4S. The Bertz CT molecular complexity index is 1080. The second-order valence-electron chi connectivity index (χ2n) is 7.03. The van der Waals surface area contributed by atoms with Gasteiger partial charge in [-0.1, -0.05) is 11.8 Å². The van der Waals surface area contributed by atoms with Crippen LogP contribution in [0.15, 0.2) is 22.0 Å². The second kappa shape index (κ2) is 7.25. The molecule has 2 amide bonds. The number of carboxylic acids is 1. The van der Waals surface area contributed by atoms with E-state index in [1.807, 2.05) is 18.7 Å². The Balaban J connectivity index is 1.72. The molecular weight excluding hydrogens is 399 g/mol. The highest BCUT2D eigenvalue weighted by Gasteiger charge is 2.33. The van der Waals surface area contributed by atoms with Crippen LogP contribution in [0.5, 0.6) is 0 Å². The summed E-state index contributed by atoms with van der Waals surface area (Å²) < 4.78 is 16.7. The zero-order valence-corrected chi connectivity index (χ0v) is 16.9. The van der Waals surface area contributed by atoms with Gasteiger partial charge in [-0.05, 0) is 26.0 Å². The van der Waals surface area contributed by atoms with Gasteiger partial charge in [0.05, 0.1) is 21.6 Å². The number of nitrogens with one attached hydrogen (secondary N) is 1. The Kier molecular flexibility index (Phi) is 4.89. The fourth-order valence-electron chi connectivity index (χ4n) is 3.88. The topological polar surface area (TPSA) is 94.9 Å². The van der Waals surface area contributed by atoms with Gasteiger partial charge in [0.15, 0.2) is 0 Å². The van der Waals surface area contributed by atoms with Crippen LogP contribution in [0.1, 0.15) is 29.6 Å². The number of halogens is 1. The molecule has 2 aromatic rings. The van der Waals surface area contributed by atoms with Crippen LogP contribution >= 0.6 is 11.8 Å². The minimum atomic E-state index is -1.30. The number of thioether (sulfide) groups is 1. The number of aromatic nitrogens is 1. The van der Waals surface area contributed by atoms with E-state index in [0.29, 0.717) is 49.0 Å². The first kappa shape index (κ1) is 19.6. The molecule has 2 aliphatic rings. The van der Waals surface area contributed by atoms with Crippen molar-refractivity contribution in [1.29, 1.82) is 0 Å². The van der Waals surface area contributed by atoms with Crippen LogP contribution in [0.25, 0.3) is 10.9 Å². The van der Waals surface area contributed by atoms with E-state index in [-0.39, 0.29) is 22.4 Å². The number of pyridine rings is 1. The number of urea groups is 1. The number of carboxylic acid groups (broad SMARTS) is 1. The Labute approximate surface area is 170 Å². The maximum atomic E-state index is 14.9. The smallest absolute Gasteiger partial charge is 0.342 e. The number of nitrogens with zero attached hydrogens (tertiary/aromatic N) is 3. The van der Waals surface area contributed by atoms with E-state index < -0.39 is 17.2 Å². The summed E-state index contributed by atoms with van der Waals surface area (Å²) in [5.74, 6) is -1.87. The number of aromatic carboxylic acids is 1. The van der Waals surface area contributed by atoms with E-state index in [0.717, 1.165) is 6.07 Å². The zero-order valence-electron chi connectivity index (χ0n) is 16.1. The van der Waals surface area contributed by atoms with E-state index in [2.05, 4.69) is 5.32 Å². The van der Waals surface area contributed by atoms with Gasteiger partial charge in [0.25, 0.3) is 0 Å². The summed E-state index contributed by atoms with van der Waals surface area (Å²) in [5.41, 5.74) is -0.0777. The summed E-state index contributed by atoms with van der Waals surface area (Å²) in [6.07, 6.45) is 0. The molecule has 29 heavy (non-hydrogen) atoms. The first-order chi connectivity index (χ1) is 13.8. The number of hydrogen-bond acceptors (Lipinski definition) is 5. The van der Waals surface area contributed by atoms with E-state index in [1.54, 1.807) is 15.5 Å². The lowest BCUT2D eigenvalue weighted by molar-refractivity contribution is 0.0689. The fraction of sp³-hybridized carbons (Fsp3) is 0.421. The van der Waals surface area contributed by atoms with Crippen molar-refractivity contribution in [2.45, 2.75) is 24.2 Å². The van der Waals surface area contributed by atoms with E-state index in [1.165, 1.54) is 11.8 Å². The quantitative estimate of drug-likeness (QED) is 0.791. The molecule has 2 N–H and O–H groups in total. The average Bonchev–Trinajstić information content (AvgIpc) is 2.68. The third-order valence-corrected chi connectivity index (χ3v) is 6.50. The van der Waals surface area contributed by atoms with Gasteiger partial charge in [0.2, 0.25) is 5.43 Å². The summed E-state index contributed by atoms with van der Waals surface area (Å²) in [5, 5.41) is 12.6. The van der Waals surface area contributed by atoms with Gasteiger partial charge >= 0.3 is 12.0 Å². The van der Waals surface area contributed by atoms with Crippen molar-refractivity contribution in [3.8, 4) is 0 Å². The van der Waals surface area contributed by atoms with Crippen molar-refractivity contribution < 1.29 is 19.1 Å². The van der Waals surface area contributed by atoms with Crippen LogP contribution < -0.4 is 15.6 Å². The third kappa shape index (κ3) is 3.11. The molecule has 3 heterocycles. The normalized spacial score (nSPS) is 18.4. The van der Waals surface area contributed by atoms with Crippen LogP contribution in [-0.2, 0) is 0 Å². The molecule has 1 saturated heterocycles. The largest absolute Gasteiger partial charge is 0.477 e. The number of hydrogen-bond donors (Lipinski definition) is 2. The number of piperazine rings is 1. The van der Waals surface area contributed by atoms with Crippen molar-refractivity contribution in [3.63, 3.8) is 0 Å². The molecule has 0 saturated carbocycles. The summed E-state index contributed by atoms with van der Waals surface area (Å²) in [6.45, 7) is 6.17. The first-order valence-electron chi connectivity index (χ1n) is 9.43. The third-order valence-electron chi connectivity index (χ3n) is 5.32. The van der Waals surface area contributed by atoms with Crippen molar-refractivity contribution in [1.82, 2.24) is 14.8 Å². The van der Waals surface area contributed by atoms with Crippen molar-refractivity contribution >= 4 is 40.4 Å². The van der Waals surface area contributed by atoms with Crippen LogP contribution in [0.2, 0.25) is 0 Å². The standard InChI is InChI=1S/C19H21FN4O4S/c1-3-21-19(28)23-6-4-22(5-7-23)14-9-13-11(8-12(14)20)16(25)15(18(26)27)17-24(13)10(2)29-17/h8-10H,3-7H2,1-2H3,(H,21,28)(H,26,27). The minimum Gasteiger partial charge on any atom is -0.477 e. The Morgan fingerprint density at radius 1 is 1.28 bits per heavy atom. The summed E-state index contributed by atoms with van der Waals surface area (Å²) >= 11 is 1.32. The Morgan fingerprint density at radius 2 is 1.97 bits per heavy atom. The van der Waals surface area contributed by atoms with Crippen LogP contribution in [0.3, 0.4) is 0 Å². The number of anilines is 1. The SMILES string of the molecule is CCNC(=O)N1CCN(c2cc3c(cc2F)c(=O)c(C(=O)O)c2n3C(C)S2)CC1. The lowest BCUT2D eigenvalue weighted by atomic mass is 10.1. The van der Waals surface area contributed by atoms with Crippen LogP contribution in [-0.4, -0.2) is 59.3 Å². The lowest BCUT2D eigenvalue weighted by Gasteiger charge is -2.37. The molecule has 0 spiro atoms. The molecule has 1 aromatic carbocycles. The molecule has 1 atom stereocenters. The number of fused-ring (bicyclic) bond motifs is 3. The molecule has 1 fully saturated rings. The molecule has 1 aromatic heterocycles. The van der Waals surface area contributed by atoms with Crippen molar-refractivity contribution in [3.05, 3.63) is 33.7 Å². The van der Waals surface area contributed by atoms with Crippen LogP contribution in [0.4, 0.5) is 14.9 Å².